The zero-order valence-corrected chi connectivity index (χ0v) is 11.4. The van der Waals surface area contributed by atoms with Gasteiger partial charge in [0.15, 0.2) is 0 Å². The van der Waals surface area contributed by atoms with Crippen molar-refractivity contribution < 1.29 is 4.39 Å². The molecule has 1 N–H and O–H groups in total. The number of hydrogen-bond acceptors (Lipinski definition) is 3. The summed E-state index contributed by atoms with van der Waals surface area (Å²) in [5.41, 5.74) is 0.689. The van der Waals surface area contributed by atoms with Gasteiger partial charge in [-0.25, -0.2) is 9.37 Å². The Kier molecular flexibility index (Phi) is 4.44. The molecule has 0 radical (unpaired) electrons. The first kappa shape index (κ1) is 13.2. The number of thiazole rings is 1. The predicted octanol–water partition coefficient (Wildman–Crippen LogP) is 3.68. The molecule has 1 heterocycles. The molecule has 1 unspecified atom stereocenters. The van der Waals surface area contributed by atoms with Gasteiger partial charge in [0, 0.05) is 16.6 Å². The smallest absolute Gasteiger partial charge is 0.128 e. The van der Waals surface area contributed by atoms with Gasteiger partial charge in [0.05, 0.1) is 11.0 Å². The number of halogens is 1. The highest BCUT2D eigenvalue weighted by atomic mass is 32.1. The molecule has 0 spiro atoms. The molecular weight excluding hydrogens is 247 g/mol. The Labute approximate surface area is 111 Å². The molecule has 0 fully saturated rings. The molecule has 0 amide bonds. The second-order valence-corrected chi connectivity index (χ2v) is 5.46. The number of aryl methyl sites for hydroxylation is 1. The van der Waals surface area contributed by atoms with Crippen LogP contribution < -0.4 is 5.32 Å². The number of hydrogen-bond donors (Lipinski definition) is 1. The quantitative estimate of drug-likeness (QED) is 0.891. The maximum Gasteiger partial charge on any atom is 0.128 e. The van der Waals surface area contributed by atoms with Crippen LogP contribution in [0.25, 0.3) is 0 Å². The van der Waals surface area contributed by atoms with Crippen LogP contribution in [0.4, 0.5) is 4.39 Å². The molecule has 1 aromatic carbocycles. The molecule has 96 valence electrons. The number of nitrogens with zero attached hydrogens (tertiary/aromatic N) is 1. The lowest BCUT2D eigenvalue weighted by molar-refractivity contribution is 0.550. The first-order chi connectivity index (χ1) is 8.72. The van der Waals surface area contributed by atoms with Crippen LogP contribution in [0.15, 0.2) is 30.5 Å². The molecule has 4 heteroatoms. The van der Waals surface area contributed by atoms with Crippen LogP contribution in [-0.2, 0) is 0 Å². The van der Waals surface area contributed by atoms with Gasteiger partial charge in [-0.05, 0) is 26.0 Å². The van der Waals surface area contributed by atoms with Gasteiger partial charge >= 0.3 is 0 Å². The molecular formula is C14H17FN2S. The highest BCUT2D eigenvalue weighted by molar-refractivity contribution is 7.11. The summed E-state index contributed by atoms with van der Waals surface area (Å²) in [5.74, 6) is -0.169. The van der Waals surface area contributed by atoms with Crippen molar-refractivity contribution in [3.8, 4) is 0 Å². The minimum absolute atomic E-state index is 0.0997. The third-order valence-electron chi connectivity index (χ3n) is 2.74. The van der Waals surface area contributed by atoms with Gasteiger partial charge < -0.3 is 5.32 Å². The van der Waals surface area contributed by atoms with Crippen molar-refractivity contribution in [2.24, 2.45) is 0 Å². The van der Waals surface area contributed by atoms with Gasteiger partial charge in [-0.2, -0.15) is 0 Å². The molecule has 1 aromatic heterocycles. The van der Waals surface area contributed by atoms with Crippen molar-refractivity contribution in [2.45, 2.75) is 26.3 Å². The summed E-state index contributed by atoms with van der Waals surface area (Å²) in [4.78, 5) is 5.32. The molecule has 0 aliphatic heterocycles. The van der Waals surface area contributed by atoms with Gasteiger partial charge in [-0.15, -0.1) is 11.3 Å². The Morgan fingerprint density at radius 1 is 1.39 bits per heavy atom. The number of rotatable bonds is 5. The maximum atomic E-state index is 13.9. The first-order valence-electron chi connectivity index (χ1n) is 6.12. The number of nitrogens with one attached hydrogen (secondary N) is 1. The van der Waals surface area contributed by atoms with E-state index in [1.54, 1.807) is 17.4 Å². The summed E-state index contributed by atoms with van der Waals surface area (Å²) < 4.78 is 13.9. The summed E-state index contributed by atoms with van der Waals surface area (Å²) >= 11 is 1.61. The van der Waals surface area contributed by atoms with Crippen molar-refractivity contribution in [1.82, 2.24) is 10.3 Å². The van der Waals surface area contributed by atoms with Crippen LogP contribution in [-0.4, -0.2) is 11.5 Å². The molecule has 2 aromatic rings. The van der Waals surface area contributed by atoms with Crippen LogP contribution >= 0.6 is 11.3 Å². The van der Waals surface area contributed by atoms with Crippen LogP contribution in [0.2, 0.25) is 0 Å². The largest absolute Gasteiger partial charge is 0.305 e. The Bertz CT molecular complexity index is 510. The Morgan fingerprint density at radius 3 is 2.78 bits per heavy atom. The van der Waals surface area contributed by atoms with Crippen molar-refractivity contribution in [3.05, 3.63) is 51.7 Å². The average molecular weight is 264 g/mol. The molecule has 2 rings (SSSR count). The Balaban J connectivity index is 2.33. The van der Waals surface area contributed by atoms with Gasteiger partial charge in [0.2, 0.25) is 0 Å². The van der Waals surface area contributed by atoms with Crippen LogP contribution in [0.3, 0.4) is 0 Å². The molecule has 0 aliphatic carbocycles. The number of benzene rings is 1. The van der Waals surface area contributed by atoms with E-state index in [0.29, 0.717) is 5.56 Å². The summed E-state index contributed by atoms with van der Waals surface area (Å²) in [7, 11) is 0. The lowest BCUT2D eigenvalue weighted by atomic mass is 10.1. The standard InChI is InChI=1S/C14H17FN2S/c1-3-8-16-14(13-9-17-10(2)18-13)11-6-4-5-7-12(11)15/h4-7,9,14,16H,3,8H2,1-2H3. The van der Waals surface area contributed by atoms with E-state index in [1.807, 2.05) is 25.3 Å². The van der Waals surface area contributed by atoms with E-state index in [9.17, 15) is 4.39 Å². The summed E-state index contributed by atoms with van der Waals surface area (Å²) in [6.45, 7) is 4.92. The van der Waals surface area contributed by atoms with Crippen molar-refractivity contribution in [2.75, 3.05) is 6.54 Å². The van der Waals surface area contributed by atoms with E-state index >= 15 is 0 Å². The molecule has 2 nitrogen and oxygen atoms in total. The van der Waals surface area contributed by atoms with E-state index in [2.05, 4.69) is 17.2 Å². The molecule has 18 heavy (non-hydrogen) atoms. The van der Waals surface area contributed by atoms with Gasteiger partial charge in [0.1, 0.15) is 5.82 Å². The van der Waals surface area contributed by atoms with E-state index in [4.69, 9.17) is 0 Å². The third-order valence-corrected chi connectivity index (χ3v) is 3.72. The Morgan fingerprint density at radius 2 is 2.17 bits per heavy atom. The fourth-order valence-electron chi connectivity index (χ4n) is 1.87. The minimum atomic E-state index is -0.169. The van der Waals surface area contributed by atoms with E-state index in [1.165, 1.54) is 6.07 Å². The molecule has 1 atom stereocenters. The molecule has 0 saturated carbocycles. The summed E-state index contributed by atoms with van der Waals surface area (Å²) in [5, 5.41) is 4.39. The van der Waals surface area contributed by atoms with Gasteiger partial charge in [-0.3, -0.25) is 0 Å². The number of aromatic nitrogens is 1. The highest BCUT2D eigenvalue weighted by Gasteiger charge is 2.18. The molecule has 0 saturated heterocycles. The zero-order chi connectivity index (χ0) is 13.0. The fraction of sp³-hybridized carbons (Fsp3) is 0.357. The van der Waals surface area contributed by atoms with E-state index in [0.717, 1.165) is 22.9 Å². The third kappa shape index (κ3) is 2.94. The summed E-state index contributed by atoms with van der Waals surface area (Å²) in [6.07, 6.45) is 2.85. The molecule has 0 aliphatic rings. The Hall–Kier alpha value is -1.26. The van der Waals surface area contributed by atoms with E-state index < -0.39 is 0 Å². The normalized spacial score (nSPS) is 12.6. The average Bonchev–Trinajstić information content (AvgIpc) is 2.78. The minimum Gasteiger partial charge on any atom is -0.305 e. The predicted molar refractivity (Wildman–Crippen MR) is 73.4 cm³/mol. The van der Waals surface area contributed by atoms with Crippen molar-refractivity contribution in [3.63, 3.8) is 0 Å². The molecule has 0 bridgehead atoms. The lowest BCUT2D eigenvalue weighted by Gasteiger charge is -2.17. The van der Waals surface area contributed by atoms with Crippen molar-refractivity contribution >= 4 is 11.3 Å². The SMILES string of the molecule is CCCNC(c1cnc(C)s1)c1ccccc1F. The van der Waals surface area contributed by atoms with E-state index in [-0.39, 0.29) is 11.9 Å². The highest BCUT2D eigenvalue weighted by Crippen LogP contribution is 2.28. The van der Waals surface area contributed by atoms with Gasteiger partial charge in [0.25, 0.3) is 0 Å². The van der Waals surface area contributed by atoms with Crippen LogP contribution in [0.5, 0.6) is 0 Å². The van der Waals surface area contributed by atoms with Gasteiger partial charge in [-0.1, -0.05) is 25.1 Å². The van der Waals surface area contributed by atoms with Crippen molar-refractivity contribution in [1.29, 1.82) is 0 Å². The topological polar surface area (TPSA) is 24.9 Å². The van der Waals surface area contributed by atoms with Crippen LogP contribution in [0, 0.1) is 12.7 Å². The monoisotopic (exact) mass is 264 g/mol. The second-order valence-electron chi connectivity index (χ2n) is 4.19. The second kappa shape index (κ2) is 6.07. The first-order valence-corrected chi connectivity index (χ1v) is 6.94. The maximum absolute atomic E-state index is 13.9. The lowest BCUT2D eigenvalue weighted by Crippen LogP contribution is -2.23. The van der Waals surface area contributed by atoms with Crippen LogP contribution in [0.1, 0.15) is 34.8 Å². The zero-order valence-electron chi connectivity index (χ0n) is 10.6. The fourth-order valence-corrected chi connectivity index (χ4v) is 2.75. The summed E-state index contributed by atoms with van der Waals surface area (Å²) in [6, 6.07) is 6.82.